The number of hydrogen-bond acceptors (Lipinski definition) is 4. The Hall–Kier alpha value is -3.27. The van der Waals surface area contributed by atoms with Crippen LogP contribution in [0.2, 0.25) is 0 Å². The van der Waals surface area contributed by atoms with E-state index in [0.717, 1.165) is 64.3 Å². The van der Waals surface area contributed by atoms with Crippen molar-refractivity contribution in [1.29, 1.82) is 0 Å². The molecule has 3 aromatic carbocycles. The zero-order chi connectivity index (χ0) is 31.2. The Morgan fingerprint density at radius 2 is 1.62 bits per heavy atom. The molecule has 2 aromatic heterocycles. The van der Waals surface area contributed by atoms with Crippen LogP contribution in [0.15, 0.2) is 77.0 Å². The number of furan rings is 1. The molecule has 0 bridgehead atoms. The van der Waals surface area contributed by atoms with Gasteiger partial charge in [-0.15, -0.1) is 18.2 Å². The number of rotatable bonds is 9. The number of carbonyl (C=O) groups excluding carboxylic acids is 1. The maximum atomic E-state index is 11.7. The second-order valence-corrected chi connectivity index (χ2v) is 12.3. The van der Waals surface area contributed by atoms with Gasteiger partial charge in [0, 0.05) is 49.6 Å². The van der Waals surface area contributed by atoms with E-state index in [1.807, 2.05) is 40.0 Å². The van der Waals surface area contributed by atoms with Gasteiger partial charge in [-0.25, -0.2) is 0 Å². The summed E-state index contributed by atoms with van der Waals surface area (Å²) in [6, 6.07) is 22.9. The van der Waals surface area contributed by atoms with Gasteiger partial charge in [0.1, 0.15) is 5.58 Å². The molecule has 0 aliphatic heterocycles. The molecule has 4 nitrogen and oxygen atoms in total. The third-order valence-electron chi connectivity index (χ3n) is 9.52. The van der Waals surface area contributed by atoms with E-state index in [0.29, 0.717) is 5.92 Å². The van der Waals surface area contributed by atoms with Gasteiger partial charge >= 0.3 is 0 Å². The predicted octanol–water partition coefficient (Wildman–Crippen LogP) is 11.4. The summed E-state index contributed by atoms with van der Waals surface area (Å²) in [4.78, 5) is 16.5. The molecule has 0 saturated heterocycles. The van der Waals surface area contributed by atoms with Gasteiger partial charge in [0.05, 0.1) is 11.3 Å². The van der Waals surface area contributed by atoms with Gasteiger partial charge in [0.15, 0.2) is 5.78 Å². The van der Waals surface area contributed by atoms with Crippen molar-refractivity contribution in [2.24, 2.45) is 11.8 Å². The minimum atomic E-state index is 0. The van der Waals surface area contributed by atoms with Crippen LogP contribution in [0.25, 0.3) is 44.0 Å². The van der Waals surface area contributed by atoms with Gasteiger partial charge in [0.2, 0.25) is 0 Å². The number of pyridine rings is 1. The average Bonchev–Trinajstić information content (AvgIpc) is 3.70. The second-order valence-electron chi connectivity index (χ2n) is 12.3. The number of aliphatic hydroxyl groups is 1. The summed E-state index contributed by atoms with van der Waals surface area (Å²) in [7, 11) is 0. The van der Waals surface area contributed by atoms with Crippen molar-refractivity contribution in [3.8, 4) is 11.3 Å². The Balaban J connectivity index is 0.000000249. The average molecular weight is 781 g/mol. The number of ketones is 1. The first-order chi connectivity index (χ1) is 21.4. The number of aliphatic hydroxyl groups excluding tert-OH is 1. The Bertz CT molecular complexity index is 1770. The van der Waals surface area contributed by atoms with E-state index in [4.69, 9.17) is 9.40 Å². The van der Waals surface area contributed by atoms with Crippen LogP contribution in [0.4, 0.5) is 0 Å². The van der Waals surface area contributed by atoms with Gasteiger partial charge in [0.25, 0.3) is 0 Å². The van der Waals surface area contributed by atoms with Gasteiger partial charge in [-0.2, -0.15) is 0 Å². The van der Waals surface area contributed by atoms with Gasteiger partial charge in [-0.05, 0) is 91.1 Å². The van der Waals surface area contributed by atoms with Crippen LogP contribution >= 0.6 is 0 Å². The smallest absolute Gasteiger partial charge is 0.162 e. The molecular weight excluding hydrogens is 735 g/mol. The molecule has 0 spiro atoms. The fourth-order valence-electron chi connectivity index (χ4n) is 6.71. The summed E-state index contributed by atoms with van der Waals surface area (Å²) in [5.41, 5.74) is 6.34. The van der Waals surface area contributed by atoms with E-state index in [1.165, 1.54) is 48.3 Å². The van der Waals surface area contributed by atoms with Crippen molar-refractivity contribution in [2.75, 3.05) is 0 Å². The summed E-state index contributed by atoms with van der Waals surface area (Å²) < 4.78 is 6.30. The van der Waals surface area contributed by atoms with E-state index < -0.39 is 0 Å². The van der Waals surface area contributed by atoms with Crippen LogP contribution in [0.1, 0.15) is 96.1 Å². The summed E-state index contributed by atoms with van der Waals surface area (Å²) in [6.45, 7) is 10.2. The summed E-state index contributed by atoms with van der Waals surface area (Å²) in [5, 5.41) is 14.4. The van der Waals surface area contributed by atoms with E-state index in [2.05, 4.69) is 61.5 Å². The molecule has 1 aliphatic rings. The molecule has 1 fully saturated rings. The SMILES string of the molecule is CCC(CC)C(=O)/C=C(\O)C(CC)CC.Cc1ccc2c(c1)oc1c(-c3nccc4cc(C5CCCC5)ccc34)[c-]ccc12.[Ir]. The first-order valence-electron chi connectivity index (χ1n) is 16.5. The molecule has 6 rings (SSSR count). The second kappa shape index (κ2) is 15.8. The third-order valence-corrected chi connectivity index (χ3v) is 9.52. The fraction of sp³-hybridized carbons (Fsp3) is 0.400. The van der Waals surface area contributed by atoms with Crippen LogP contribution < -0.4 is 0 Å². The molecule has 1 N–H and O–H groups in total. The van der Waals surface area contributed by atoms with E-state index >= 15 is 0 Å². The topological polar surface area (TPSA) is 63.3 Å². The first kappa shape index (κ1) is 34.6. The number of hydrogen-bond donors (Lipinski definition) is 1. The van der Waals surface area contributed by atoms with Crippen molar-refractivity contribution < 1.29 is 34.4 Å². The standard InChI is InChI=1S/C27H22NO.C13H24O2.Ir/c1-17-9-11-22-23-7-4-8-24(27(23)29-25(22)15-17)26-21-12-10-19(18-5-2-3-6-18)16-20(21)13-14-28-26;1-5-10(6-2)12(14)9-13(15)11(7-3)8-4;/h4,7,9-16,18H,2-3,5-6H2,1H3;9-11,14H,5-8H2,1-4H3;/q-1;;/b;12-9-;. The monoisotopic (exact) mass is 781 g/mol. The number of carbonyl (C=O) groups is 1. The molecule has 0 unspecified atom stereocenters. The molecule has 1 radical (unpaired) electrons. The molecule has 45 heavy (non-hydrogen) atoms. The van der Waals surface area contributed by atoms with E-state index in [9.17, 15) is 9.90 Å². The third kappa shape index (κ3) is 7.59. The largest absolute Gasteiger partial charge is 0.512 e. The minimum Gasteiger partial charge on any atom is -0.512 e. The van der Waals surface area contributed by atoms with Crippen LogP contribution in [0.5, 0.6) is 0 Å². The maximum absolute atomic E-state index is 11.7. The Morgan fingerprint density at radius 3 is 2.31 bits per heavy atom. The maximum Gasteiger partial charge on any atom is 0.162 e. The molecule has 1 saturated carbocycles. The number of aryl methyl sites for hydroxylation is 1. The fourth-order valence-corrected chi connectivity index (χ4v) is 6.71. The Labute approximate surface area is 281 Å². The van der Waals surface area contributed by atoms with Crippen LogP contribution in [-0.4, -0.2) is 15.9 Å². The summed E-state index contributed by atoms with van der Waals surface area (Å²) >= 11 is 0. The number of benzene rings is 3. The molecule has 0 atom stereocenters. The molecule has 5 aromatic rings. The van der Waals surface area contributed by atoms with Crippen molar-refractivity contribution in [3.63, 3.8) is 0 Å². The number of fused-ring (bicyclic) bond motifs is 4. The van der Waals surface area contributed by atoms with Gasteiger partial charge in [-0.3, -0.25) is 4.79 Å². The van der Waals surface area contributed by atoms with Crippen LogP contribution in [-0.2, 0) is 24.9 Å². The quantitative estimate of drug-likeness (QED) is 0.0919. The summed E-state index contributed by atoms with van der Waals surface area (Å²) in [5.74, 6) is 1.26. The molecule has 1 aliphatic carbocycles. The Morgan fingerprint density at radius 1 is 0.933 bits per heavy atom. The Kier molecular flexibility index (Phi) is 12.2. The number of nitrogens with zero attached hydrogens (tertiary/aromatic N) is 1. The molecular formula is C40H46IrNO3-. The normalized spacial score (nSPS) is 13.9. The predicted molar refractivity (Wildman–Crippen MR) is 183 cm³/mol. The summed E-state index contributed by atoms with van der Waals surface area (Å²) in [6.07, 6.45) is 12.2. The zero-order valence-electron chi connectivity index (χ0n) is 27.3. The zero-order valence-corrected chi connectivity index (χ0v) is 29.7. The minimum absolute atomic E-state index is 0. The van der Waals surface area contributed by atoms with E-state index in [-0.39, 0.29) is 43.5 Å². The van der Waals surface area contributed by atoms with Crippen LogP contribution in [0, 0.1) is 24.8 Å². The molecule has 5 heteroatoms. The number of aromatic nitrogens is 1. The van der Waals surface area contributed by atoms with Gasteiger partial charge in [-0.1, -0.05) is 81.8 Å². The van der Waals surface area contributed by atoms with Gasteiger partial charge < -0.3 is 14.5 Å². The van der Waals surface area contributed by atoms with Crippen molar-refractivity contribution >= 4 is 38.5 Å². The first-order valence-corrected chi connectivity index (χ1v) is 16.5. The van der Waals surface area contributed by atoms with Crippen molar-refractivity contribution in [1.82, 2.24) is 4.98 Å². The molecule has 0 amide bonds. The van der Waals surface area contributed by atoms with E-state index in [1.54, 1.807) is 0 Å². The van der Waals surface area contributed by atoms with Crippen molar-refractivity contribution in [3.05, 3.63) is 89.8 Å². The van der Waals surface area contributed by atoms with Crippen LogP contribution in [0.3, 0.4) is 0 Å². The van der Waals surface area contributed by atoms with Crippen molar-refractivity contribution in [2.45, 2.75) is 91.9 Å². The number of allylic oxidation sites excluding steroid dienone is 2. The molecule has 2 heterocycles. The molecule has 239 valence electrons.